The van der Waals surface area contributed by atoms with Gasteiger partial charge < -0.3 is 25.8 Å². The van der Waals surface area contributed by atoms with Crippen LogP contribution in [-0.2, 0) is 20.0 Å². The van der Waals surface area contributed by atoms with E-state index < -0.39 is 11.6 Å². The largest absolute Gasteiger partial charge is 0.481 e. The molecule has 2 aromatic heterocycles. The molecule has 12 nitrogen and oxygen atoms in total. The van der Waals surface area contributed by atoms with Crippen molar-refractivity contribution in [3.05, 3.63) is 40.1 Å². The van der Waals surface area contributed by atoms with Gasteiger partial charge in [0.1, 0.15) is 35.0 Å². The van der Waals surface area contributed by atoms with Gasteiger partial charge in [0.25, 0.3) is 11.5 Å². The molecule has 2 aromatic rings. The van der Waals surface area contributed by atoms with Crippen LogP contribution in [0.2, 0.25) is 0 Å². The third kappa shape index (κ3) is 3.89. The number of pyridine rings is 1. The highest BCUT2D eigenvalue weighted by molar-refractivity contribution is 5.97. The van der Waals surface area contributed by atoms with Crippen molar-refractivity contribution in [1.82, 2.24) is 19.9 Å². The van der Waals surface area contributed by atoms with E-state index in [1.54, 1.807) is 13.0 Å². The number of aryl methyl sites for hydroxylation is 1. The Morgan fingerprint density at radius 1 is 1.24 bits per heavy atom. The van der Waals surface area contributed by atoms with Crippen LogP contribution < -0.4 is 21.5 Å². The molecule has 2 unspecified atom stereocenters. The Kier molecular flexibility index (Phi) is 5.31. The number of hydrogen-bond acceptors (Lipinski definition) is 8. The fourth-order valence-corrected chi connectivity index (χ4v) is 4.78. The minimum atomic E-state index is -0.927. The van der Waals surface area contributed by atoms with Gasteiger partial charge in [0.05, 0.1) is 13.2 Å². The maximum Gasteiger partial charge on any atom is 0.303 e. The smallest absolute Gasteiger partial charge is 0.303 e. The van der Waals surface area contributed by atoms with E-state index >= 15 is 0 Å². The molecule has 2 fully saturated rings. The van der Waals surface area contributed by atoms with Crippen LogP contribution in [0, 0.1) is 18.8 Å². The predicted molar refractivity (Wildman–Crippen MR) is 119 cm³/mol. The summed E-state index contributed by atoms with van der Waals surface area (Å²) in [5.41, 5.74) is 0.0474. The van der Waals surface area contributed by atoms with E-state index in [4.69, 9.17) is 9.84 Å². The molecule has 3 aliphatic rings. The number of fused-ring (bicyclic) bond motifs is 2. The summed E-state index contributed by atoms with van der Waals surface area (Å²) in [6.07, 6.45) is 2.72. The topological polar surface area (TPSA) is 165 Å². The Morgan fingerprint density at radius 2 is 1.97 bits per heavy atom. The molecular weight excluding hydrogens is 444 g/mol. The van der Waals surface area contributed by atoms with E-state index in [1.165, 1.54) is 17.0 Å². The molecule has 4 N–H and O–H groups in total. The summed E-state index contributed by atoms with van der Waals surface area (Å²) in [5, 5.41) is 17.5. The van der Waals surface area contributed by atoms with Gasteiger partial charge in [0.2, 0.25) is 5.91 Å². The molecule has 0 radical (unpaired) electrons. The zero-order chi connectivity index (χ0) is 24.0. The van der Waals surface area contributed by atoms with Crippen molar-refractivity contribution in [2.75, 3.05) is 23.8 Å². The number of aliphatic carboxylic acids is 1. The zero-order valence-corrected chi connectivity index (χ0v) is 18.5. The van der Waals surface area contributed by atoms with Gasteiger partial charge in [-0.1, -0.05) is 0 Å². The lowest BCUT2D eigenvalue weighted by molar-refractivity contribution is -0.137. The first-order chi connectivity index (χ1) is 16.3. The van der Waals surface area contributed by atoms with Gasteiger partial charge in [-0.2, -0.15) is 0 Å². The number of carboxylic acids is 1. The Hall–Kier alpha value is -3.80. The molecule has 2 aliphatic heterocycles. The molecule has 12 heteroatoms. The molecular formula is C22H24N6O6. The monoisotopic (exact) mass is 468 g/mol. The summed E-state index contributed by atoms with van der Waals surface area (Å²) < 4.78 is 6.95. The molecule has 1 spiro atoms. The fraction of sp³-hybridized carbons (Fsp3) is 0.455. The summed E-state index contributed by atoms with van der Waals surface area (Å²) in [6, 6.07) is 3.10. The van der Waals surface area contributed by atoms with Gasteiger partial charge in [0, 0.05) is 31.2 Å². The van der Waals surface area contributed by atoms with Crippen LogP contribution in [-0.4, -0.2) is 50.6 Å². The standard InChI is InChI=1S/C22H24N6O6/c1-11-6-14(21(33)28-18(11)20(32)27-22(28)2-4-34-5-3-22)25-15-9-16(24-10-23-15)26-19(31)13-7-12(13)8-17(29)30/h6,9-10,12-13H,2-5,7-8H2,1H3,(H,27,32)(H,29,30)(H2,23,24,25,26,31). The Balaban J connectivity index is 1.38. The van der Waals surface area contributed by atoms with E-state index in [0.717, 1.165) is 0 Å². The van der Waals surface area contributed by atoms with Crippen LogP contribution in [0.5, 0.6) is 0 Å². The molecule has 0 aromatic carbocycles. The van der Waals surface area contributed by atoms with Gasteiger partial charge in [-0.25, -0.2) is 9.97 Å². The van der Waals surface area contributed by atoms with Crippen LogP contribution in [0.4, 0.5) is 17.3 Å². The second-order valence-corrected chi connectivity index (χ2v) is 8.93. The van der Waals surface area contributed by atoms with E-state index in [-0.39, 0.29) is 47.1 Å². The lowest BCUT2D eigenvalue weighted by atomic mass is 10.0. The summed E-state index contributed by atoms with van der Waals surface area (Å²) in [6.45, 7) is 2.64. The number of ether oxygens (including phenoxy) is 1. The number of nitrogens with zero attached hydrogens (tertiary/aromatic N) is 3. The molecule has 1 aliphatic carbocycles. The Labute approximate surface area is 193 Å². The highest BCUT2D eigenvalue weighted by atomic mass is 16.5. The number of nitrogens with one attached hydrogen (secondary N) is 3. The summed E-state index contributed by atoms with van der Waals surface area (Å²) in [4.78, 5) is 57.4. The third-order valence-electron chi connectivity index (χ3n) is 6.58. The van der Waals surface area contributed by atoms with Crippen molar-refractivity contribution in [3.8, 4) is 0 Å². The molecule has 1 saturated heterocycles. The van der Waals surface area contributed by atoms with Crippen molar-refractivity contribution in [2.45, 2.75) is 38.3 Å². The summed E-state index contributed by atoms with van der Waals surface area (Å²) in [5.74, 6) is -1.50. The van der Waals surface area contributed by atoms with Crippen molar-refractivity contribution >= 4 is 35.1 Å². The number of carbonyl (C=O) groups excluding carboxylic acids is 2. The molecule has 34 heavy (non-hydrogen) atoms. The lowest BCUT2D eigenvalue weighted by Crippen LogP contribution is -2.51. The first-order valence-electron chi connectivity index (χ1n) is 11.1. The average Bonchev–Trinajstić information content (AvgIpc) is 3.48. The van der Waals surface area contributed by atoms with Crippen LogP contribution in [0.3, 0.4) is 0 Å². The molecule has 1 saturated carbocycles. The van der Waals surface area contributed by atoms with Gasteiger partial charge in [-0.15, -0.1) is 0 Å². The van der Waals surface area contributed by atoms with E-state index in [2.05, 4.69) is 25.9 Å². The average molecular weight is 468 g/mol. The quantitative estimate of drug-likeness (QED) is 0.483. The van der Waals surface area contributed by atoms with E-state index in [1.807, 2.05) is 0 Å². The number of carbonyl (C=O) groups is 3. The van der Waals surface area contributed by atoms with Crippen molar-refractivity contribution in [2.24, 2.45) is 11.8 Å². The minimum Gasteiger partial charge on any atom is -0.481 e. The Bertz CT molecular complexity index is 1250. The fourth-order valence-electron chi connectivity index (χ4n) is 4.78. The normalized spacial score (nSPS) is 22.1. The van der Waals surface area contributed by atoms with Gasteiger partial charge in [-0.05, 0) is 30.9 Å². The first-order valence-corrected chi connectivity index (χ1v) is 11.1. The number of rotatable bonds is 6. The molecule has 0 bridgehead atoms. The number of anilines is 3. The molecule has 178 valence electrons. The summed E-state index contributed by atoms with van der Waals surface area (Å²) >= 11 is 0. The molecule has 5 rings (SSSR count). The number of aromatic nitrogens is 3. The zero-order valence-electron chi connectivity index (χ0n) is 18.5. The maximum atomic E-state index is 13.4. The number of amides is 2. The predicted octanol–water partition coefficient (Wildman–Crippen LogP) is 0.946. The molecule has 2 amide bonds. The van der Waals surface area contributed by atoms with Crippen molar-refractivity contribution in [1.29, 1.82) is 0 Å². The number of hydrogen-bond donors (Lipinski definition) is 4. The van der Waals surface area contributed by atoms with E-state index in [9.17, 15) is 19.2 Å². The van der Waals surface area contributed by atoms with Crippen LogP contribution in [0.15, 0.2) is 23.3 Å². The number of carboxylic acid groups (broad SMARTS) is 1. The highest BCUT2D eigenvalue weighted by Crippen LogP contribution is 2.42. The molecule has 2 atom stereocenters. The van der Waals surface area contributed by atoms with Gasteiger partial charge in [0.15, 0.2) is 0 Å². The lowest BCUT2D eigenvalue weighted by Gasteiger charge is -2.35. The van der Waals surface area contributed by atoms with Crippen molar-refractivity contribution in [3.63, 3.8) is 0 Å². The van der Waals surface area contributed by atoms with Gasteiger partial charge in [-0.3, -0.25) is 23.7 Å². The summed E-state index contributed by atoms with van der Waals surface area (Å²) in [7, 11) is 0. The van der Waals surface area contributed by atoms with Gasteiger partial charge >= 0.3 is 5.97 Å². The maximum absolute atomic E-state index is 13.4. The first kappa shape index (κ1) is 22.0. The van der Waals surface area contributed by atoms with E-state index in [0.29, 0.717) is 49.6 Å². The minimum absolute atomic E-state index is 0.0404. The Morgan fingerprint density at radius 3 is 2.71 bits per heavy atom. The van der Waals surface area contributed by atoms with Crippen LogP contribution >= 0.6 is 0 Å². The van der Waals surface area contributed by atoms with Crippen LogP contribution in [0.25, 0.3) is 0 Å². The SMILES string of the molecule is Cc1cc(Nc2cc(NC(=O)C3CC3CC(=O)O)ncn2)c(=O)n2c1C(=O)NC21CCOCC1. The second kappa shape index (κ2) is 8.20. The molecule has 4 heterocycles. The second-order valence-electron chi connectivity index (χ2n) is 8.93. The third-order valence-corrected chi connectivity index (χ3v) is 6.58. The van der Waals surface area contributed by atoms with Crippen LogP contribution in [0.1, 0.15) is 41.7 Å². The highest BCUT2D eigenvalue weighted by Gasteiger charge is 2.46. The van der Waals surface area contributed by atoms with Crippen molar-refractivity contribution < 1.29 is 24.2 Å².